The number of anilines is 3. The molecule has 0 unspecified atom stereocenters. The lowest BCUT2D eigenvalue weighted by Crippen LogP contribution is -1.97. The Balaban J connectivity index is 2.34. The first-order valence-corrected chi connectivity index (χ1v) is 5.80. The van der Waals surface area contributed by atoms with Crippen LogP contribution in [-0.4, -0.2) is 4.98 Å². The summed E-state index contributed by atoms with van der Waals surface area (Å²) in [6.45, 7) is 0. The number of hydrogen-bond donors (Lipinski definition) is 2. The van der Waals surface area contributed by atoms with Crippen molar-refractivity contribution < 1.29 is 8.78 Å². The maximum atomic E-state index is 13.4. The van der Waals surface area contributed by atoms with E-state index in [1.807, 2.05) is 0 Å². The number of nitrogens with two attached hydrogens (primary N) is 1. The molecule has 1 aromatic heterocycles. The molecule has 0 aliphatic rings. The summed E-state index contributed by atoms with van der Waals surface area (Å²) in [5.74, 6) is -1.39. The molecule has 7 heteroatoms. The van der Waals surface area contributed by atoms with Crippen molar-refractivity contribution >= 4 is 43.1 Å². The Morgan fingerprint density at radius 1 is 1.31 bits per heavy atom. The Labute approximate surface area is 102 Å². The number of aromatic nitrogens is 1. The van der Waals surface area contributed by atoms with Gasteiger partial charge in [0.05, 0.1) is 6.20 Å². The summed E-state index contributed by atoms with van der Waals surface area (Å²) in [7, 11) is 0. The number of hydrogen-bond acceptors (Lipinski definition) is 4. The molecular formula is C9H6BrF2N3S. The fourth-order valence-electron chi connectivity index (χ4n) is 1.11. The summed E-state index contributed by atoms with van der Waals surface area (Å²) in [4.78, 5) is 3.85. The van der Waals surface area contributed by atoms with Gasteiger partial charge < -0.3 is 11.1 Å². The summed E-state index contributed by atoms with van der Waals surface area (Å²) < 4.78 is 27.2. The molecule has 0 radical (unpaired) electrons. The second-order valence-electron chi connectivity index (χ2n) is 2.94. The van der Waals surface area contributed by atoms with Crippen LogP contribution in [0.3, 0.4) is 0 Å². The Morgan fingerprint density at radius 3 is 2.44 bits per heavy atom. The number of nitrogen functional groups attached to an aromatic ring is 1. The van der Waals surface area contributed by atoms with Crippen LogP contribution in [0.1, 0.15) is 0 Å². The fourth-order valence-corrected chi connectivity index (χ4v) is 2.10. The molecule has 0 bridgehead atoms. The molecule has 1 heterocycles. The Kier molecular flexibility index (Phi) is 3.06. The van der Waals surface area contributed by atoms with Crippen molar-refractivity contribution in [1.29, 1.82) is 0 Å². The van der Waals surface area contributed by atoms with Gasteiger partial charge in [-0.15, -0.1) is 0 Å². The number of halogens is 3. The third-order valence-electron chi connectivity index (χ3n) is 1.76. The zero-order valence-electron chi connectivity index (χ0n) is 7.80. The van der Waals surface area contributed by atoms with E-state index in [0.29, 0.717) is 14.6 Å². The standard InChI is InChI=1S/C9H6BrF2N3S/c10-4-1-5(11)8(6(12)2-4)15-9-14-3-7(13)16-9/h1-3H,13H2,(H,14,15). The number of nitrogens with zero attached hydrogens (tertiary/aromatic N) is 1. The molecule has 1 aromatic carbocycles. The molecule has 0 aliphatic heterocycles. The van der Waals surface area contributed by atoms with Gasteiger partial charge in [0.15, 0.2) is 16.8 Å². The van der Waals surface area contributed by atoms with Gasteiger partial charge in [-0.25, -0.2) is 13.8 Å². The smallest absolute Gasteiger partial charge is 0.189 e. The first kappa shape index (κ1) is 11.3. The molecule has 84 valence electrons. The summed E-state index contributed by atoms with van der Waals surface area (Å²) in [6.07, 6.45) is 1.42. The van der Waals surface area contributed by atoms with E-state index in [9.17, 15) is 8.78 Å². The minimum atomic E-state index is -0.694. The molecule has 2 rings (SSSR count). The summed E-state index contributed by atoms with van der Waals surface area (Å²) >= 11 is 4.11. The Bertz CT molecular complexity index is 506. The van der Waals surface area contributed by atoms with E-state index in [4.69, 9.17) is 5.73 Å². The molecular weight excluding hydrogens is 300 g/mol. The van der Waals surface area contributed by atoms with Crippen LogP contribution in [0.5, 0.6) is 0 Å². The van der Waals surface area contributed by atoms with E-state index in [1.165, 1.54) is 18.3 Å². The van der Waals surface area contributed by atoms with Gasteiger partial charge in [-0.2, -0.15) is 0 Å². The predicted molar refractivity (Wildman–Crippen MR) is 63.9 cm³/mol. The van der Waals surface area contributed by atoms with Gasteiger partial charge in [-0.1, -0.05) is 27.3 Å². The van der Waals surface area contributed by atoms with E-state index >= 15 is 0 Å². The molecule has 2 aromatic rings. The minimum Gasteiger partial charge on any atom is -0.389 e. The Hall–Kier alpha value is -1.21. The van der Waals surface area contributed by atoms with E-state index in [0.717, 1.165) is 11.3 Å². The quantitative estimate of drug-likeness (QED) is 0.892. The van der Waals surface area contributed by atoms with Crippen LogP contribution >= 0.6 is 27.3 Å². The second-order valence-corrected chi connectivity index (χ2v) is 4.92. The van der Waals surface area contributed by atoms with Crippen molar-refractivity contribution in [2.75, 3.05) is 11.1 Å². The van der Waals surface area contributed by atoms with Gasteiger partial charge in [0.25, 0.3) is 0 Å². The maximum Gasteiger partial charge on any atom is 0.189 e. The van der Waals surface area contributed by atoms with Gasteiger partial charge in [-0.3, -0.25) is 0 Å². The maximum absolute atomic E-state index is 13.4. The molecule has 3 N–H and O–H groups in total. The third-order valence-corrected chi connectivity index (χ3v) is 2.96. The van der Waals surface area contributed by atoms with Crippen molar-refractivity contribution in [3.05, 3.63) is 34.4 Å². The fraction of sp³-hybridized carbons (Fsp3) is 0. The van der Waals surface area contributed by atoms with Crippen LogP contribution in [0.4, 0.5) is 24.6 Å². The monoisotopic (exact) mass is 305 g/mol. The van der Waals surface area contributed by atoms with Crippen molar-refractivity contribution in [3.8, 4) is 0 Å². The highest BCUT2D eigenvalue weighted by Gasteiger charge is 2.12. The first-order valence-electron chi connectivity index (χ1n) is 4.19. The lowest BCUT2D eigenvalue weighted by Gasteiger charge is -2.05. The normalized spacial score (nSPS) is 10.4. The number of thiazole rings is 1. The lowest BCUT2D eigenvalue weighted by molar-refractivity contribution is 0.589. The molecule has 0 saturated carbocycles. The molecule has 16 heavy (non-hydrogen) atoms. The molecule has 3 nitrogen and oxygen atoms in total. The number of nitrogens with one attached hydrogen (secondary N) is 1. The van der Waals surface area contributed by atoms with Crippen LogP contribution in [0, 0.1) is 11.6 Å². The molecule has 0 saturated heterocycles. The van der Waals surface area contributed by atoms with Crippen LogP contribution in [-0.2, 0) is 0 Å². The Morgan fingerprint density at radius 2 is 1.94 bits per heavy atom. The van der Waals surface area contributed by atoms with Crippen molar-refractivity contribution in [2.45, 2.75) is 0 Å². The van der Waals surface area contributed by atoms with Crippen LogP contribution < -0.4 is 11.1 Å². The van der Waals surface area contributed by atoms with Gasteiger partial charge in [0.2, 0.25) is 0 Å². The summed E-state index contributed by atoms with van der Waals surface area (Å²) in [5.41, 5.74) is 5.22. The van der Waals surface area contributed by atoms with Gasteiger partial charge in [0, 0.05) is 4.47 Å². The average molecular weight is 306 g/mol. The van der Waals surface area contributed by atoms with E-state index < -0.39 is 11.6 Å². The highest BCUT2D eigenvalue weighted by molar-refractivity contribution is 9.10. The van der Waals surface area contributed by atoms with Gasteiger partial charge in [0.1, 0.15) is 10.7 Å². The third kappa shape index (κ3) is 2.30. The van der Waals surface area contributed by atoms with Gasteiger partial charge in [-0.05, 0) is 12.1 Å². The zero-order valence-corrected chi connectivity index (χ0v) is 10.2. The van der Waals surface area contributed by atoms with Gasteiger partial charge >= 0.3 is 0 Å². The average Bonchev–Trinajstić information content (AvgIpc) is 2.58. The topological polar surface area (TPSA) is 50.9 Å². The minimum absolute atomic E-state index is 0.238. The lowest BCUT2D eigenvalue weighted by atomic mass is 10.3. The summed E-state index contributed by atoms with van der Waals surface area (Å²) in [5, 5.41) is 3.36. The largest absolute Gasteiger partial charge is 0.389 e. The zero-order chi connectivity index (χ0) is 11.7. The van der Waals surface area contributed by atoms with E-state index in [2.05, 4.69) is 26.2 Å². The van der Waals surface area contributed by atoms with Crippen LogP contribution in [0.15, 0.2) is 22.8 Å². The molecule has 0 amide bonds. The first-order chi connectivity index (χ1) is 7.56. The van der Waals surface area contributed by atoms with Crippen molar-refractivity contribution in [1.82, 2.24) is 4.98 Å². The predicted octanol–water partition coefficient (Wildman–Crippen LogP) is 3.51. The molecule has 0 aliphatic carbocycles. The number of rotatable bonds is 2. The van der Waals surface area contributed by atoms with Crippen molar-refractivity contribution in [3.63, 3.8) is 0 Å². The number of benzene rings is 1. The van der Waals surface area contributed by atoms with Crippen LogP contribution in [0.25, 0.3) is 0 Å². The van der Waals surface area contributed by atoms with Crippen LogP contribution in [0.2, 0.25) is 0 Å². The second kappa shape index (κ2) is 4.34. The van der Waals surface area contributed by atoms with E-state index in [1.54, 1.807) is 0 Å². The summed E-state index contributed by atoms with van der Waals surface area (Å²) in [6, 6.07) is 2.34. The molecule has 0 fully saturated rings. The van der Waals surface area contributed by atoms with E-state index in [-0.39, 0.29) is 5.69 Å². The molecule has 0 spiro atoms. The highest BCUT2D eigenvalue weighted by atomic mass is 79.9. The highest BCUT2D eigenvalue weighted by Crippen LogP contribution is 2.29. The van der Waals surface area contributed by atoms with Crippen molar-refractivity contribution in [2.24, 2.45) is 0 Å². The SMILES string of the molecule is Nc1cnc(Nc2c(F)cc(Br)cc2F)s1. The molecule has 0 atom stereocenters.